The molecule has 4 rings (SSSR count). The highest BCUT2D eigenvalue weighted by Crippen LogP contribution is 2.23. The summed E-state index contributed by atoms with van der Waals surface area (Å²) in [4.78, 5) is 16.8. The molecule has 0 spiro atoms. The standard InChI is InChI=1S/C24H25N3O2/c28-24(19-14-22(16-25-15-19)26-20-8-4-5-9-20)27-21-10-12-23(13-11-21)29-17-18-6-2-1-3-7-18/h1-3,6-7,10-16,20,26H,4-5,8-9,17H2,(H,27,28). The number of hydrogen-bond donors (Lipinski definition) is 2. The Kier molecular flexibility index (Phi) is 6.05. The van der Waals surface area contributed by atoms with Crippen molar-refractivity contribution in [3.8, 4) is 5.75 Å². The minimum Gasteiger partial charge on any atom is -0.489 e. The molecule has 0 radical (unpaired) electrons. The first-order valence-corrected chi connectivity index (χ1v) is 10.1. The normalized spacial score (nSPS) is 13.8. The minimum atomic E-state index is -0.175. The molecule has 29 heavy (non-hydrogen) atoms. The Morgan fingerprint density at radius 2 is 1.72 bits per heavy atom. The summed E-state index contributed by atoms with van der Waals surface area (Å²) in [6.45, 7) is 0.513. The maximum atomic E-state index is 12.6. The molecular weight excluding hydrogens is 362 g/mol. The zero-order valence-electron chi connectivity index (χ0n) is 16.3. The SMILES string of the molecule is O=C(Nc1ccc(OCc2ccccc2)cc1)c1cncc(NC2CCCC2)c1. The van der Waals surface area contributed by atoms with Crippen molar-refractivity contribution < 1.29 is 9.53 Å². The van der Waals surface area contributed by atoms with E-state index in [2.05, 4.69) is 15.6 Å². The van der Waals surface area contributed by atoms with Gasteiger partial charge in [-0.2, -0.15) is 0 Å². The molecule has 3 aromatic rings. The number of benzene rings is 2. The molecule has 2 aromatic carbocycles. The zero-order valence-corrected chi connectivity index (χ0v) is 16.3. The van der Waals surface area contributed by atoms with Crippen LogP contribution in [0.3, 0.4) is 0 Å². The second-order valence-corrected chi connectivity index (χ2v) is 7.34. The Labute approximate surface area is 171 Å². The maximum absolute atomic E-state index is 12.6. The number of ether oxygens (including phenoxy) is 1. The van der Waals surface area contributed by atoms with E-state index in [1.165, 1.54) is 25.7 Å². The van der Waals surface area contributed by atoms with E-state index in [9.17, 15) is 4.79 Å². The van der Waals surface area contributed by atoms with Crippen LogP contribution in [-0.4, -0.2) is 16.9 Å². The summed E-state index contributed by atoms with van der Waals surface area (Å²) in [6, 6.07) is 19.8. The molecule has 0 saturated heterocycles. The van der Waals surface area contributed by atoms with Crippen LogP contribution in [0.25, 0.3) is 0 Å². The van der Waals surface area contributed by atoms with Gasteiger partial charge in [0.2, 0.25) is 0 Å². The van der Waals surface area contributed by atoms with Crippen LogP contribution in [0.15, 0.2) is 73.1 Å². The molecule has 1 saturated carbocycles. The van der Waals surface area contributed by atoms with Crippen LogP contribution in [0, 0.1) is 0 Å². The van der Waals surface area contributed by atoms with Gasteiger partial charge in [0.05, 0.1) is 11.3 Å². The predicted octanol–water partition coefficient (Wildman–Crippen LogP) is 5.27. The van der Waals surface area contributed by atoms with Crippen molar-refractivity contribution in [3.05, 3.63) is 84.2 Å². The Hall–Kier alpha value is -3.34. The van der Waals surface area contributed by atoms with E-state index in [-0.39, 0.29) is 5.91 Å². The summed E-state index contributed by atoms with van der Waals surface area (Å²) in [5.74, 6) is 0.585. The summed E-state index contributed by atoms with van der Waals surface area (Å²) in [6.07, 6.45) is 8.23. The third-order valence-corrected chi connectivity index (χ3v) is 5.09. The van der Waals surface area contributed by atoms with E-state index in [1.54, 1.807) is 12.4 Å². The number of amides is 1. The van der Waals surface area contributed by atoms with Gasteiger partial charge in [0.1, 0.15) is 12.4 Å². The summed E-state index contributed by atoms with van der Waals surface area (Å²) < 4.78 is 5.78. The summed E-state index contributed by atoms with van der Waals surface area (Å²) in [5, 5.41) is 6.39. The van der Waals surface area contributed by atoms with Crippen molar-refractivity contribution in [1.82, 2.24) is 4.98 Å². The van der Waals surface area contributed by atoms with Gasteiger partial charge in [-0.25, -0.2) is 0 Å². The first-order chi connectivity index (χ1) is 14.3. The number of hydrogen-bond acceptors (Lipinski definition) is 4. The van der Waals surface area contributed by atoms with Gasteiger partial charge in [-0.05, 0) is 48.7 Å². The molecule has 0 unspecified atom stereocenters. The number of nitrogens with one attached hydrogen (secondary N) is 2. The second kappa shape index (κ2) is 9.24. The number of carbonyl (C=O) groups is 1. The zero-order chi connectivity index (χ0) is 19.9. The highest BCUT2D eigenvalue weighted by atomic mass is 16.5. The Morgan fingerprint density at radius 3 is 2.48 bits per heavy atom. The molecule has 1 aliphatic rings. The van der Waals surface area contributed by atoms with Gasteiger partial charge in [0.15, 0.2) is 0 Å². The van der Waals surface area contributed by atoms with Crippen LogP contribution in [-0.2, 0) is 6.61 Å². The maximum Gasteiger partial charge on any atom is 0.257 e. The third-order valence-electron chi connectivity index (χ3n) is 5.09. The molecule has 1 fully saturated rings. The lowest BCUT2D eigenvalue weighted by Crippen LogP contribution is -2.16. The number of carbonyl (C=O) groups excluding carboxylic acids is 1. The quantitative estimate of drug-likeness (QED) is 0.580. The first kappa shape index (κ1) is 19.0. The van der Waals surface area contributed by atoms with E-state index in [4.69, 9.17) is 4.74 Å². The fourth-order valence-electron chi connectivity index (χ4n) is 3.53. The van der Waals surface area contributed by atoms with E-state index < -0.39 is 0 Å². The molecule has 2 N–H and O–H groups in total. The van der Waals surface area contributed by atoms with Crippen LogP contribution >= 0.6 is 0 Å². The molecular formula is C24H25N3O2. The van der Waals surface area contributed by atoms with Crippen molar-refractivity contribution in [2.24, 2.45) is 0 Å². The van der Waals surface area contributed by atoms with Crippen molar-refractivity contribution in [2.75, 3.05) is 10.6 Å². The van der Waals surface area contributed by atoms with Crippen LogP contribution in [0.1, 0.15) is 41.6 Å². The van der Waals surface area contributed by atoms with Crippen LogP contribution in [0.2, 0.25) is 0 Å². The molecule has 1 aromatic heterocycles. The summed E-state index contributed by atoms with van der Waals surface area (Å²) >= 11 is 0. The molecule has 148 valence electrons. The van der Waals surface area contributed by atoms with Gasteiger partial charge in [0, 0.05) is 24.1 Å². The van der Waals surface area contributed by atoms with Crippen LogP contribution in [0.5, 0.6) is 5.75 Å². The number of nitrogens with zero attached hydrogens (tertiary/aromatic N) is 1. The summed E-state index contributed by atoms with van der Waals surface area (Å²) in [5.41, 5.74) is 3.27. The number of pyridine rings is 1. The van der Waals surface area contributed by atoms with Gasteiger partial charge in [-0.1, -0.05) is 43.2 Å². The Balaban J connectivity index is 1.33. The van der Waals surface area contributed by atoms with E-state index in [0.29, 0.717) is 18.2 Å². The van der Waals surface area contributed by atoms with Crippen molar-refractivity contribution in [2.45, 2.75) is 38.3 Å². The largest absolute Gasteiger partial charge is 0.489 e. The molecule has 1 amide bonds. The lowest BCUT2D eigenvalue weighted by atomic mass is 10.2. The van der Waals surface area contributed by atoms with E-state index in [1.807, 2.05) is 60.7 Å². The summed E-state index contributed by atoms with van der Waals surface area (Å²) in [7, 11) is 0. The Morgan fingerprint density at radius 1 is 0.966 bits per heavy atom. The van der Waals surface area contributed by atoms with Gasteiger partial charge in [-0.15, -0.1) is 0 Å². The van der Waals surface area contributed by atoms with E-state index >= 15 is 0 Å². The van der Waals surface area contributed by atoms with Crippen molar-refractivity contribution >= 4 is 17.3 Å². The monoisotopic (exact) mass is 387 g/mol. The molecule has 0 atom stereocenters. The second-order valence-electron chi connectivity index (χ2n) is 7.34. The molecule has 1 aliphatic carbocycles. The fourth-order valence-corrected chi connectivity index (χ4v) is 3.53. The van der Waals surface area contributed by atoms with Crippen LogP contribution < -0.4 is 15.4 Å². The molecule has 5 nitrogen and oxygen atoms in total. The molecule has 1 heterocycles. The average molecular weight is 387 g/mol. The lowest BCUT2D eigenvalue weighted by Gasteiger charge is -2.14. The first-order valence-electron chi connectivity index (χ1n) is 10.1. The van der Waals surface area contributed by atoms with Crippen molar-refractivity contribution in [1.29, 1.82) is 0 Å². The fraction of sp³-hybridized carbons (Fsp3) is 0.250. The van der Waals surface area contributed by atoms with Crippen LogP contribution in [0.4, 0.5) is 11.4 Å². The average Bonchev–Trinajstić information content (AvgIpc) is 3.27. The number of rotatable bonds is 7. The van der Waals surface area contributed by atoms with Gasteiger partial charge >= 0.3 is 0 Å². The van der Waals surface area contributed by atoms with Gasteiger partial charge in [0.25, 0.3) is 5.91 Å². The third kappa shape index (κ3) is 5.35. The molecule has 5 heteroatoms. The Bertz CT molecular complexity index is 936. The number of anilines is 2. The topological polar surface area (TPSA) is 63.2 Å². The molecule has 0 bridgehead atoms. The number of aromatic nitrogens is 1. The van der Waals surface area contributed by atoms with Crippen molar-refractivity contribution in [3.63, 3.8) is 0 Å². The van der Waals surface area contributed by atoms with Gasteiger partial charge in [-0.3, -0.25) is 9.78 Å². The smallest absolute Gasteiger partial charge is 0.257 e. The van der Waals surface area contributed by atoms with Gasteiger partial charge < -0.3 is 15.4 Å². The molecule has 0 aliphatic heterocycles. The highest BCUT2D eigenvalue weighted by Gasteiger charge is 2.15. The highest BCUT2D eigenvalue weighted by molar-refractivity contribution is 6.04. The predicted molar refractivity (Wildman–Crippen MR) is 115 cm³/mol. The lowest BCUT2D eigenvalue weighted by molar-refractivity contribution is 0.102. The van der Waals surface area contributed by atoms with E-state index in [0.717, 1.165) is 22.7 Å². The minimum absolute atomic E-state index is 0.175.